The van der Waals surface area contributed by atoms with Crippen LogP contribution in [0.15, 0.2) is 30.3 Å². The van der Waals surface area contributed by atoms with Crippen molar-refractivity contribution >= 4 is 5.78 Å². The fraction of sp³-hybridized carbons (Fsp3) is 0.417. The number of rotatable bonds is 4. The van der Waals surface area contributed by atoms with Crippen LogP contribution in [0.4, 0.5) is 0 Å². The fourth-order valence-corrected chi connectivity index (χ4v) is 1.59. The number of carbonyl (C=O) groups is 1. The summed E-state index contributed by atoms with van der Waals surface area (Å²) in [6.45, 7) is 2.87. The highest BCUT2D eigenvalue weighted by molar-refractivity contribution is 5.97. The molecule has 1 N–H and O–H groups in total. The van der Waals surface area contributed by atoms with Crippen LogP contribution in [0.1, 0.15) is 17.3 Å². The van der Waals surface area contributed by atoms with Crippen molar-refractivity contribution in [2.45, 2.75) is 6.92 Å². The minimum Gasteiger partial charge on any atom is -0.339 e. The highest BCUT2D eigenvalue weighted by Gasteiger charge is 2.17. The highest BCUT2D eigenvalue weighted by Crippen LogP contribution is 2.06. The monoisotopic (exact) mass is 192 g/mol. The van der Waals surface area contributed by atoms with Gasteiger partial charge in [-0.2, -0.15) is 0 Å². The summed E-state index contributed by atoms with van der Waals surface area (Å²) in [5.41, 5.74) is 0.821. The van der Waals surface area contributed by atoms with E-state index < -0.39 is 0 Å². The molecule has 0 saturated heterocycles. The number of hydrogen-bond donors (Lipinski definition) is 1. The molecular weight excluding hydrogens is 174 g/mol. The van der Waals surface area contributed by atoms with E-state index in [1.165, 1.54) is 4.90 Å². The number of nitrogens with one attached hydrogen (secondary N) is 1. The van der Waals surface area contributed by atoms with Crippen molar-refractivity contribution in [1.29, 1.82) is 0 Å². The zero-order chi connectivity index (χ0) is 10.6. The molecular formula is C12H18NO+. The van der Waals surface area contributed by atoms with E-state index in [9.17, 15) is 4.79 Å². The zero-order valence-electron chi connectivity index (χ0n) is 9.08. The third-order valence-corrected chi connectivity index (χ3v) is 2.22. The Morgan fingerprint density at radius 3 is 2.36 bits per heavy atom. The molecule has 1 rings (SSSR count). The number of quaternary nitrogens is 1. The van der Waals surface area contributed by atoms with Crippen molar-refractivity contribution in [3.63, 3.8) is 0 Å². The van der Waals surface area contributed by atoms with E-state index in [-0.39, 0.29) is 11.7 Å². The topological polar surface area (TPSA) is 21.5 Å². The number of carbonyl (C=O) groups excluding carboxylic acids is 1. The smallest absolute Gasteiger partial charge is 0.171 e. The number of benzene rings is 1. The lowest BCUT2D eigenvalue weighted by Gasteiger charge is -2.13. The summed E-state index contributed by atoms with van der Waals surface area (Å²) < 4.78 is 0. The Kier molecular flexibility index (Phi) is 3.84. The van der Waals surface area contributed by atoms with E-state index in [4.69, 9.17) is 0 Å². The molecule has 0 heterocycles. The summed E-state index contributed by atoms with van der Waals surface area (Å²) in [4.78, 5) is 13.2. The van der Waals surface area contributed by atoms with Crippen molar-refractivity contribution in [1.82, 2.24) is 0 Å². The van der Waals surface area contributed by atoms with E-state index in [0.29, 0.717) is 0 Å². The largest absolute Gasteiger partial charge is 0.339 e. The summed E-state index contributed by atoms with van der Waals surface area (Å²) in [6.07, 6.45) is 0. The lowest BCUT2D eigenvalue weighted by molar-refractivity contribution is -0.860. The van der Waals surface area contributed by atoms with Crippen LogP contribution in [0.5, 0.6) is 0 Å². The van der Waals surface area contributed by atoms with Crippen LogP contribution >= 0.6 is 0 Å². The second kappa shape index (κ2) is 4.91. The van der Waals surface area contributed by atoms with Gasteiger partial charge in [-0.05, 0) is 6.92 Å². The quantitative estimate of drug-likeness (QED) is 0.695. The number of ketones is 1. The minimum absolute atomic E-state index is 0.0994. The standard InChI is InChI=1S/C12H17NO/c1-10(9-13(2)3)12(14)11-7-5-4-6-8-11/h4-8,10H,9H2,1-3H3/p+1/t10-/m1/s1. The van der Waals surface area contributed by atoms with Crippen molar-refractivity contribution in [3.05, 3.63) is 35.9 Å². The molecule has 0 bridgehead atoms. The van der Waals surface area contributed by atoms with Gasteiger partial charge in [0.2, 0.25) is 0 Å². The van der Waals surface area contributed by atoms with E-state index in [2.05, 4.69) is 14.1 Å². The van der Waals surface area contributed by atoms with Crippen molar-refractivity contribution in [3.8, 4) is 0 Å². The molecule has 0 saturated carbocycles. The Morgan fingerprint density at radius 2 is 1.86 bits per heavy atom. The van der Waals surface area contributed by atoms with Crippen molar-refractivity contribution in [2.75, 3.05) is 20.6 Å². The average molecular weight is 192 g/mol. The molecule has 0 spiro atoms. The maximum absolute atomic E-state index is 11.9. The predicted octanol–water partition coefficient (Wildman–Crippen LogP) is 0.650. The van der Waals surface area contributed by atoms with Gasteiger partial charge in [-0.25, -0.2) is 0 Å². The summed E-state index contributed by atoms with van der Waals surface area (Å²) in [5, 5.41) is 0. The van der Waals surface area contributed by atoms with Gasteiger partial charge in [0.05, 0.1) is 26.6 Å². The molecule has 76 valence electrons. The molecule has 0 radical (unpaired) electrons. The molecule has 0 amide bonds. The Labute approximate surface area is 85.5 Å². The van der Waals surface area contributed by atoms with E-state index in [1.54, 1.807) is 0 Å². The summed E-state index contributed by atoms with van der Waals surface area (Å²) >= 11 is 0. The highest BCUT2D eigenvalue weighted by atomic mass is 16.1. The number of Topliss-reactive ketones (excluding diaryl/α,β-unsaturated/α-hetero) is 1. The predicted molar refractivity (Wildman–Crippen MR) is 57.6 cm³/mol. The van der Waals surface area contributed by atoms with Gasteiger partial charge in [-0.3, -0.25) is 4.79 Å². The molecule has 0 aliphatic carbocycles. The van der Waals surface area contributed by atoms with Crippen LogP contribution in [0, 0.1) is 5.92 Å². The Morgan fingerprint density at radius 1 is 1.29 bits per heavy atom. The second-order valence-corrected chi connectivity index (χ2v) is 4.04. The van der Waals surface area contributed by atoms with Gasteiger partial charge in [0.15, 0.2) is 5.78 Å². The molecule has 0 unspecified atom stereocenters. The van der Waals surface area contributed by atoms with Crippen LogP contribution in [-0.2, 0) is 0 Å². The Balaban J connectivity index is 2.66. The molecule has 2 nitrogen and oxygen atoms in total. The maximum atomic E-state index is 11.9. The molecule has 0 aliphatic heterocycles. The van der Waals surface area contributed by atoms with E-state index >= 15 is 0 Å². The first kappa shape index (κ1) is 10.9. The molecule has 0 aliphatic rings. The summed E-state index contributed by atoms with van der Waals surface area (Å²) in [7, 11) is 4.13. The van der Waals surface area contributed by atoms with Crippen molar-refractivity contribution < 1.29 is 9.69 Å². The first-order chi connectivity index (χ1) is 6.61. The lowest BCUT2D eigenvalue weighted by atomic mass is 9.99. The van der Waals surface area contributed by atoms with Crippen LogP contribution in [0.3, 0.4) is 0 Å². The Hall–Kier alpha value is -1.15. The molecule has 14 heavy (non-hydrogen) atoms. The third kappa shape index (κ3) is 2.96. The lowest BCUT2D eigenvalue weighted by Crippen LogP contribution is -3.06. The molecule has 2 heteroatoms. The first-order valence-corrected chi connectivity index (χ1v) is 4.99. The maximum Gasteiger partial charge on any atom is 0.171 e. The van der Waals surface area contributed by atoms with Crippen molar-refractivity contribution in [2.24, 2.45) is 5.92 Å². The van der Waals surface area contributed by atoms with Crippen LogP contribution in [0.25, 0.3) is 0 Å². The van der Waals surface area contributed by atoms with Gasteiger partial charge < -0.3 is 4.90 Å². The fourth-order valence-electron chi connectivity index (χ4n) is 1.59. The van der Waals surface area contributed by atoms with Gasteiger partial charge in [0, 0.05) is 5.56 Å². The number of hydrogen-bond acceptors (Lipinski definition) is 1. The van der Waals surface area contributed by atoms with Gasteiger partial charge in [-0.15, -0.1) is 0 Å². The molecule has 1 aromatic carbocycles. The second-order valence-electron chi connectivity index (χ2n) is 4.04. The van der Waals surface area contributed by atoms with Gasteiger partial charge in [-0.1, -0.05) is 30.3 Å². The van der Waals surface area contributed by atoms with Gasteiger partial charge >= 0.3 is 0 Å². The third-order valence-electron chi connectivity index (χ3n) is 2.22. The van der Waals surface area contributed by atoms with Gasteiger partial charge in [0.1, 0.15) is 0 Å². The van der Waals surface area contributed by atoms with E-state index in [0.717, 1.165) is 12.1 Å². The molecule has 1 aromatic rings. The average Bonchev–Trinajstić information content (AvgIpc) is 2.17. The van der Waals surface area contributed by atoms with Crippen LogP contribution < -0.4 is 4.90 Å². The van der Waals surface area contributed by atoms with Crippen LogP contribution in [0.2, 0.25) is 0 Å². The van der Waals surface area contributed by atoms with E-state index in [1.807, 2.05) is 37.3 Å². The molecule has 0 fully saturated rings. The summed E-state index contributed by atoms with van der Waals surface area (Å²) in [6, 6.07) is 9.50. The normalized spacial score (nSPS) is 12.9. The minimum atomic E-state index is 0.0994. The first-order valence-electron chi connectivity index (χ1n) is 4.99. The van der Waals surface area contributed by atoms with Gasteiger partial charge in [0.25, 0.3) is 0 Å². The Bertz CT molecular complexity index is 292. The summed E-state index contributed by atoms with van der Waals surface area (Å²) in [5.74, 6) is 0.342. The zero-order valence-corrected chi connectivity index (χ0v) is 9.08. The molecule has 0 aromatic heterocycles. The molecule has 1 atom stereocenters. The van der Waals surface area contributed by atoms with Crippen LogP contribution in [-0.4, -0.2) is 26.4 Å². The SMILES string of the molecule is C[C@H](C[NH+](C)C)C(=O)c1ccccc1.